The second-order valence-corrected chi connectivity index (χ2v) is 6.02. The number of anilines is 1. The van der Waals surface area contributed by atoms with Crippen molar-refractivity contribution in [1.82, 2.24) is 10.1 Å². The van der Waals surface area contributed by atoms with Crippen molar-refractivity contribution >= 4 is 17.4 Å². The van der Waals surface area contributed by atoms with Gasteiger partial charge < -0.3 is 24.8 Å². The molecule has 1 aliphatic heterocycles. The number of hydrogen-bond donors (Lipinski definition) is 2. The molecule has 1 aliphatic rings. The molecule has 1 aromatic carbocycles. The molecule has 0 saturated carbocycles. The molecule has 0 aliphatic carbocycles. The summed E-state index contributed by atoms with van der Waals surface area (Å²) in [4.78, 5) is 15.2. The number of benzene rings is 1. The number of carbonyl (C=O) groups is 1. The first kappa shape index (κ1) is 17.0. The second kappa shape index (κ2) is 6.94. The highest BCUT2D eigenvalue weighted by atomic mass is 16.5. The smallest absolute Gasteiger partial charge is 0.287 e. The van der Waals surface area contributed by atoms with E-state index in [1.807, 2.05) is 32.3 Å². The van der Waals surface area contributed by atoms with Gasteiger partial charge in [0.25, 0.3) is 5.91 Å². The van der Waals surface area contributed by atoms with E-state index in [4.69, 9.17) is 20.4 Å². The Labute approximate surface area is 145 Å². The van der Waals surface area contributed by atoms with E-state index in [1.54, 1.807) is 11.0 Å². The van der Waals surface area contributed by atoms with E-state index < -0.39 is 5.91 Å². The lowest BCUT2D eigenvalue weighted by atomic mass is 10.0. The molecular weight excluding hydrogens is 322 g/mol. The van der Waals surface area contributed by atoms with Gasteiger partial charge in [0.15, 0.2) is 0 Å². The summed E-state index contributed by atoms with van der Waals surface area (Å²) in [5, 5.41) is 12.2. The molecule has 25 heavy (non-hydrogen) atoms. The normalized spacial score (nSPS) is 14.4. The molecule has 3 N–H and O–H groups in total. The molecule has 8 nitrogen and oxygen atoms in total. The molecule has 2 aromatic rings. The van der Waals surface area contributed by atoms with Crippen LogP contribution in [0.5, 0.6) is 0 Å². The first-order valence-corrected chi connectivity index (χ1v) is 7.97. The Morgan fingerprint density at radius 3 is 2.60 bits per heavy atom. The summed E-state index contributed by atoms with van der Waals surface area (Å²) in [6.45, 7) is 2.76. The molecule has 1 fully saturated rings. The molecule has 0 spiro atoms. The van der Waals surface area contributed by atoms with Crippen LogP contribution in [0.2, 0.25) is 0 Å². The highest BCUT2D eigenvalue weighted by Gasteiger charge is 2.20. The van der Waals surface area contributed by atoms with Crippen LogP contribution in [0.3, 0.4) is 0 Å². The van der Waals surface area contributed by atoms with Crippen molar-refractivity contribution in [2.24, 2.45) is 5.73 Å². The van der Waals surface area contributed by atoms with Gasteiger partial charge in [-0.15, -0.1) is 0 Å². The van der Waals surface area contributed by atoms with Crippen molar-refractivity contribution in [3.05, 3.63) is 35.6 Å². The topological polar surface area (TPSA) is 109 Å². The Bertz CT molecular complexity index is 793. The lowest BCUT2D eigenvalue weighted by molar-refractivity contribution is 0.0965. The third-order valence-electron chi connectivity index (χ3n) is 4.10. The summed E-state index contributed by atoms with van der Waals surface area (Å²) in [6, 6.07) is 7.25. The quantitative estimate of drug-likeness (QED) is 0.637. The Morgan fingerprint density at radius 1 is 1.28 bits per heavy atom. The summed E-state index contributed by atoms with van der Waals surface area (Å²) in [5.74, 6) is -0.218. The van der Waals surface area contributed by atoms with Gasteiger partial charge in [0.05, 0.1) is 13.2 Å². The van der Waals surface area contributed by atoms with Gasteiger partial charge in [-0.3, -0.25) is 10.2 Å². The monoisotopic (exact) mass is 343 g/mol. The minimum atomic E-state index is -0.655. The number of hydrogen-bond acceptors (Lipinski definition) is 6. The molecular formula is C17H21N5O3. The predicted molar refractivity (Wildman–Crippen MR) is 94.0 cm³/mol. The highest BCUT2D eigenvalue weighted by Crippen LogP contribution is 2.32. The molecule has 1 saturated heterocycles. The number of morpholine rings is 1. The number of primary amides is 1. The van der Waals surface area contributed by atoms with Crippen molar-refractivity contribution in [1.29, 1.82) is 5.41 Å². The summed E-state index contributed by atoms with van der Waals surface area (Å²) in [5.41, 5.74) is 8.34. The fourth-order valence-corrected chi connectivity index (χ4v) is 2.74. The van der Waals surface area contributed by atoms with Crippen LogP contribution >= 0.6 is 0 Å². The third-order valence-corrected chi connectivity index (χ3v) is 4.10. The van der Waals surface area contributed by atoms with Crippen molar-refractivity contribution in [3.8, 4) is 11.3 Å². The second-order valence-electron chi connectivity index (χ2n) is 6.02. The fraction of sp³-hybridized carbons (Fsp3) is 0.353. The molecule has 0 bridgehead atoms. The van der Waals surface area contributed by atoms with E-state index in [-0.39, 0.29) is 5.76 Å². The van der Waals surface area contributed by atoms with Crippen LogP contribution in [-0.4, -0.2) is 62.2 Å². The SMILES string of the molecule is CN(C)C(=N)c1ccc(-c2cc(C(N)=O)on2)c(N2CCOCC2)c1. The van der Waals surface area contributed by atoms with Gasteiger partial charge in [-0.05, 0) is 12.1 Å². The highest BCUT2D eigenvalue weighted by molar-refractivity contribution is 5.98. The van der Waals surface area contributed by atoms with E-state index in [9.17, 15) is 4.79 Å². The van der Waals surface area contributed by atoms with Gasteiger partial charge in [-0.2, -0.15) is 0 Å². The van der Waals surface area contributed by atoms with Crippen molar-refractivity contribution in [2.45, 2.75) is 0 Å². The third kappa shape index (κ3) is 3.48. The molecule has 0 radical (unpaired) electrons. The number of nitrogens with zero attached hydrogens (tertiary/aromatic N) is 3. The number of amidine groups is 1. The molecule has 8 heteroatoms. The average molecular weight is 343 g/mol. The number of nitrogens with one attached hydrogen (secondary N) is 1. The zero-order chi connectivity index (χ0) is 18.0. The molecule has 1 amide bonds. The van der Waals surface area contributed by atoms with Gasteiger partial charge in [-0.25, -0.2) is 0 Å². The Morgan fingerprint density at radius 2 is 2.00 bits per heavy atom. The minimum absolute atomic E-state index is 0.0213. The average Bonchev–Trinajstić information content (AvgIpc) is 3.11. The number of carbonyl (C=O) groups excluding carboxylic acids is 1. The standard InChI is InChI=1S/C17H21N5O3/c1-21(2)16(18)11-3-4-12(13-10-15(17(19)23)25-20-13)14(9-11)22-5-7-24-8-6-22/h3-4,9-10,18H,5-8H2,1-2H3,(H2,19,23). The van der Waals surface area contributed by atoms with Crippen molar-refractivity contribution in [3.63, 3.8) is 0 Å². The number of ether oxygens (including phenoxy) is 1. The predicted octanol–water partition coefficient (Wildman–Crippen LogP) is 1.16. The van der Waals surface area contributed by atoms with E-state index >= 15 is 0 Å². The zero-order valence-corrected chi connectivity index (χ0v) is 14.3. The number of aromatic nitrogens is 1. The number of amides is 1. The maximum Gasteiger partial charge on any atom is 0.287 e. The molecule has 1 aromatic heterocycles. The van der Waals surface area contributed by atoms with E-state index in [1.165, 1.54) is 0 Å². The van der Waals surface area contributed by atoms with Crippen LogP contribution in [0.15, 0.2) is 28.8 Å². The Kier molecular flexibility index (Phi) is 4.71. The van der Waals surface area contributed by atoms with Crippen LogP contribution in [0.4, 0.5) is 5.69 Å². The summed E-state index contributed by atoms with van der Waals surface area (Å²) in [6.07, 6.45) is 0. The van der Waals surface area contributed by atoms with E-state index in [0.717, 1.165) is 29.9 Å². The zero-order valence-electron chi connectivity index (χ0n) is 14.3. The first-order valence-electron chi connectivity index (χ1n) is 7.97. The first-order chi connectivity index (χ1) is 12.0. The number of rotatable bonds is 4. The maximum absolute atomic E-state index is 11.3. The molecule has 3 rings (SSSR count). The largest absolute Gasteiger partial charge is 0.378 e. The van der Waals surface area contributed by atoms with Crippen LogP contribution in [0, 0.1) is 5.41 Å². The lowest BCUT2D eigenvalue weighted by Crippen LogP contribution is -2.36. The minimum Gasteiger partial charge on any atom is -0.378 e. The van der Waals surface area contributed by atoms with Gasteiger partial charge in [0.1, 0.15) is 11.5 Å². The Hall–Kier alpha value is -2.87. The van der Waals surface area contributed by atoms with Crippen molar-refractivity contribution in [2.75, 3.05) is 45.3 Å². The molecule has 0 atom stereocenters. The van der Waals surface area contributed by atoms with Gasteiger partial charge in [0.2, 0.25) is 5.76 Å². The van der Waals surface area contributed by atoms with Gasteiger partial charge in [0, 0.05) is 50.1 Å². The van der Waals surface area contributed by atoms with E-state index in [2.05, 4.69) is 10.1 Å². The number of nitrogens with two attached hydrogens (primary N) is 1. The van der Waals surface area contributed by atoms with Crippen LogP contribution < -0.4 is 10.6 Å². The van der Waals surface area contributed by atoms with Crippen LogP contribution in [-0.2, 0) is 4.74 Å². The summed E-state index contributed by atoms with van der Waals surface area (Å²) >= 11 is 0. The molecule has 132 valence electrons. The lowest BCUT2D eigenvalue weighted by Gasteiger charge is -2.31. The Balaban J connectivity index is 2.06. The van der Waals surface area contributed by atoms with Crippen LogP contribution in [0.25, 0.3) is 11.3 Å². The van der Waals surface area contributed by atoms with Crippen LogP contribution in [0.1, 0.15) is 16.1 Å². The van der Waals surface area contributed by atoms with Gasteiger partial charge >= 0.3 is 0 Å². The maximum atomic E-state index is 11.3. The van der Waals surface area contributed by atoms with Gasteiger partial charge in [-0.1, -0.05) is 11.2 Å². The molecule has 2 heterocycles. The van der Waals surface area contributed by atoms with E-state index in [0.29, 0.717) is 24.7 Å². The fourth-order valence-electron chi connectivity index (χ4n) is 2.74. The molecule has 0 unspecified atom stereocenters. The van der Waals surface area contributed by atoms with Crippen molar-refractivity contribution < 1.29 is 14.1 Å². The summed E-state index contributed by atoms with van der Waals surface area (Å²) in [7, 11) is 3.67. The summed E-state index contributed by atoms with van der Waals surface area (Å²) < 4.78 is 10.5.